The number of carbonyl (C=O) groups excluding carboxylic acids is 1. The minimum absolute atomic E-state index is 0.284. The minimum Gasteiger partial charge on any atom is -0.320 e. The third kappa shape index (κ3) is 2.01. The third-order valence-electron chi connectivity index (χ3n) is 3.21. The number of amides is 1. The van der Waals surface area contributed by atoms with Gasteiger partial charge in [0.25, 0.3) is 0 Å². The monoisotopic (exact) mass is 253 g/mol. The molecular weight excluding hydrogens is 236 g/mol. The van der Waals surface area contributed by atoms with Gasteiger partial charge in [-0.3, -0.25) is 4.79 Å². The van der Waals surface area contributed by atoms with Crippen LogP contribution in [0.2, 0.25) is 0 Å². The van der Waals surface area contributed by atoms with Crippen LogP contribution in [0.15, 0.2) is 30.3 Å². The van der Waals surface area contributed by atoms with E-state index in [9.17, 15) is 4.79 Å². The van der Waals surface area contributed by atoms with Crippen molar-refractivity contribution in [2.75, 3.05) is 13.2 Å². The summed E-state index contributed by atoms with van der Waals surface area (Å²) >= 11 is 0. The summed E-state index contributed by atoms with van der Waals surface area (Å²) in [5.41, 5.74) is 0.875. The molecule has 86 valence electrons. The molecule has 0 N–H and O–H groups in total. The lowest BCUT2D eigenvalue weighted by molar-refractivity contribution is -0.127. The molecule has 1 aromatic carbocycles. The highest BCUT2D eigenvalue weighted by atomic mass is 32.0. The maximum Gasteiger partial charge on any atom is 0.236 e. The summed E-state index contributed by atoms with van der Waals surface area (Å²) in [6.45, 7) is 5.15. The molecule has 0 spiro atoms. The maximum atomic E-state index is 12.4. The van der Waals surface area contributed by atoms with E-state index >= 15 is 0 Å². The van der Waals surface area contributed by atoms with Crippen molar-refractivity contribution in [3.8, 4) is 0 Å². The molecule has 0 aromatic heterocycles. The molecule has 1 heterocycles. The summed E-state index contributed by atoms with van der Waals surface area (Å²) in [7, 11) is 1.52. The Kier molecular flexibility index (Phi) is 3.62. The molecule has 2 nitrogen and oxygen atoms in total. The summed E-state index contributed by atoms with van der Waals surface area (Å²) < 4.78 is 2.03. The Morgan fingerprint density at radius 2 is 2.00 bits per heavy atom. The van der Waals surface area contributed by atoms with Crippen molar-refractivity contribution >= 4 is 22.6 Å². The molecule has 1 aromatic rings. The highest BCUT2D eigenvalue weighted by molar-refractivity contribution is 8.10. The number of rotatable bonds is 3. The zero-order valence-corrected chi connectivity index (χ0v) is 11.7. The van der Waals surface area contributed by atoms with Crippen LogP contribution < -0.4 is 0 Å². The van der Waals surface area contributed by atoms with E-state index in [1.807, 2.05) is 22.9 Å². The average molecular weight is 253 g/mol. The molecule has 1 aliphatic heterocycles. The Labute approximate surface area is 100 Å². The van der Waals surface area contributed by atoms with E-state index in [1.165, 1.54) is 0 Å². The Hall–Kier alpha value is -0.450. The normalized spacial score (nSPS) is 26.6. The molecule has 1 aliphatic rings. The van der Waals surface area contributed by atoms with Crippen LogP contribution in [0.5, 0.6) is 0 Å². The van der Waals surface area contributed by atoms with Gasteiger partial charge in [-0.1, -0.05) is 38.6 Å². The fraction of sp³-hybridized carbons (Fsp3) is 0.417. The van der Waals surface area contributed by atoms with Crippen LogP contribution >= 0.6 is 16.7 Å². The molecular formula is C12H17NOP2. The summed E-state index contributed by atoms with van der Waals surface area (Å²) in [5, 5.41) is 0. The van der Waals surface area contributed by atoms with Gasteiger partial charge in [0.2, 0.25) is 5.91 Å². The summed E-state index contributed by atoms with van der Waals surface area (Å²) in [6, 6.07) is 10.2. The highest BCUT2D eigenvalue weighted by Gasteiger charge is 2.43. The Balaban J connectivity index is 2.25. The van der Waals surface area contributed by atoms with Gasteiger partial charge in [-0.2, -0.15) is 0 Å². The fourth-order valence-corrected chi connectivity index (χ4v) is 4.45. The first-order chi connectivity index (χ1) is 7.68. The van der Waals surface area contributed by atoms with E-state index < -0.39 is 0 Å². The topological polar surface area (TPSA) is 20.3 Å². The van der Waals surface area contributed by atoms with Gasteiger partial charge in [-0.05, 0) is 25.6 Å². The zero-order valence-electron chi connectivity index (χ0n) is 9.66. The number of carbonyl (C=O) groups is 1. The lowest BCUT2D eigenvalue weighted by atomic mass is 9.81. The number of hydrogen-bond donors (Lipinski definition) is 0. The molecule has 3 atom stereocenters. The second-order valence-corrected chi connectivity index (χ2v) is 7.70. The SMILES string of the molecule is CPPN1CCC(C)(c2ccccc2)C1=O. The lowest BCUT2D eigenvalue weighted by Crippen LogP contribution is -2.31. The smallest absolute Gasteiger partial charge is 0.236 e. The molecule has 16 heavy (non-hydrogen) atoms. The molecule has 0 saturated carbocycles. The van der Waals surface area contributed by atoms with Gasteiger partial charge in [-0.25, -0.2) is 0 Å². The van der Waals surface area contributed by atoms with Crippen LogP contribution in [0.1, 0.15) is 18.9 Å². The van der Waals surface area contributed by atoms with Crippen LogP contribution in [0.3, 0.4) is 0 Å². The predicted molar refractivity (Wildman–Crippen MR) is 72.7 cm³/mol. The molecule has 0 bridgehead atoms. The molecule has 0 aliphatic carbocycles. The average Bonchev–Trinajstić information content (AvgIpc) is 2.61. The first-order valence-electron chi connectivity index (χ1n) is 5.48. The van der Waals surface area contributed by atoms with Gasteiger partial charge in [0, 0.05) is 15.0 Å². The standard InChI is InChI=1S/C12H17NOP2/c1-12(10-6-4-3-5-7-10)8-9-13(11(12)14)16-15-2/h3-7,15-16H,8-9H2,1-2H3. The van der Waals surface area contributed by atoms with Crippen LogP contribution in [0.4, 0.5) is 0 Å². The van der Waals surface area contributed by atoms with E-state index in [1.54, 1.807) is 0 Å². The van der Waals surface area contributed by atoms with Crippen molar-refractivity contribution in [2.45, 2.75) is 18.8 Å². The van der Waals surface area contributed by atoms with Crippen LogP contribution in [0, 0.1) is 0 Å². The minimum atomic E-state index is -0.284. The van der Waals surface area contributed by atoms with Crippen molar-refractivity contribution in [2.24, 2.45) is 0 Å². The Morgan fingerprint density at radius 3 is 2.62 bits per heavy atom. The van der Waals surface area contributed by atoms with Crippen LogP contribution in [-0.4, -0.2) is 23.8 Å². The number of nitrogens with zero attached hydrogens (tertiary/aromatic N) is 1. The molecule has 3 unspecified atom stereocenters. The van der Waals surface area contributed by atoms with Crippen molar-refractivity contribution in [1.29, 1.82) is 0 Å². The van der Waals surface area contributed by atoms with E-state index in [2.05, 4.69) is 25.7 Å². The summed E-state index contributed by atoms with van der Waals surface area (Å²) in [4.78, 5) is 12.4. The fourth-order valence-electron chi connectivity index (χ4n) is 2.16. The second kappa shape index (κ2) is 4.82. The van der Waals surface area contributed by atoms with Gasteiger partial charge in [0.1, 0.15) is 0 Å². The first kappa shape index (κ1) is 12.0. The molecule has 1 amide bonds. The first-order valence-corrected chi connectivity index (χ1v) is 8.93. The summed E-state index contributed by atoms with van der Waals surface area (Å²) in [6.07, 6.45) is 0.952. The van der Waals surface area contributed by atoms with E-state index in [0.29, 0.717) is 14.3 Å². The van der Waals surface area contributed by atoms with Crippen LogP contribution in [0.25, 0.3) is 0 Å². The van der Waals surface area contributed by atoms with Gasteiger partial charge in [0.15, 0.2) is 0 Å². The molecule has 1 fully saturated rings. The third-order valence-corrected chi connectivity index (χ3v) is 5.61. The maximum absolute atomic E-state index is 12.4. The molecule has 4 heteroatoms. The van der Waals surface area contributed by atoms with Gasteiger partial charge in [-0.15, -0.1) is 0 Å². The highest BCUT2D eigenvalue weighted by Crippen LogP contribution is 2.46. The molecule has 2 rings (SSSR count). The molecule has 0 radical (unpaired) electrons. The largest absolute Gasteiger partial charge is 0.320 e. The summed E-state index contributed by atoms with van der Waals surface area (Å²) in [5.74, 6) is 0.311. The van der Waals surface area contributed by atoms with Crippen molar-refractivity contribution in [1.82, 2.24) is 4.67 Å². The van der Waals surface area contributed by atoms with Crippen molar-refractivity contribution in [3.63, 3.8) is 0 Å². The second-order valence-electron chi connectivity index (χ2n) is 4.27. The van der Waals surface area contributed by atoms with Gasteiger partial charge < -0.3 is 4.67 Å². The van der Waals surface area contributed by atoms with Crippen molar-refractivity contribution in [3.05, 3.63) is 35.9 Å². The van der Waals surface area contributed by atoms with Crippen molar-refractivity contribution < 1.29 is 4.79 Å². The number of benzene rings is 1. The van der Waals surface area contributed by atoms with E-state index in [0.717, 1.165) is 26.8 Å². The van der Waals surface area contributed by atoms with Gasteiger partial charge >= 0.3 is 0 Å². The quantitative estimate of drug-likeness (QED) is 0.758. The van der Waals surface area contributed by atoms with E-state index in [-0.39, 0.29) is 5.41 Å². The van der Waals surface area contributed by atoms with Crippen LogP contribution in [-0.2, 0) is 10.2 Å². The van der Waals surface area contributed by atoms with Gasteiger partial charge in [0.05, 0.1) is 5.41 Å². The molecule has 1 saturated heterocycles. The lowest BCUT2D eigenvalue weighted by Gasteiger charge is -2.23. The Morgan fingerprint density at radius 1 is 1.31 bits per heavy atom. The Bertz CT molecular complexity index is 382. The predicted octanol–water partition coefficient (Wildman–Crippen LogP) is 2.99. The van der Waals surface area contributed by atoms with E-state index in [4.69, 9.17) is 0 Å². The zero-order chi connectivity index (χ0) is 11.6. The number of hydrogen-bond acceptors (Lipinski definition) is 1.